The molecule has 0 saturated carbocycles. The summed E-state index contributed by atoms with van der Waals surface area (Å²) in [5.41, 5.74) is 12.1. The average Bonchev–Trinajstić information content (AvgIpc) is 2.75. The molecule has 1 unspecified atom stereocenters. The maximum atomic E-state index is 12.3. The average molecular weight is 461 g/mol. The topological polar surface area (TPSA) is 222 Å². The summed E-state index contributed by atoms with van der Waals surface area (Å²) in [6.45, 7) is -0.159. The summed E-state index contributed by atoms with van der Waals surface area (Å²) in [7, 11) is 0. The second-order valence-electron chi connectivity index (χ2n) is 7.51. The Labute approximate surface area is 188 Å². The first-order valence-electron chi connectivity index (χ1n) is 10.2. The van der Waals surface area contributed by atoms with E-state index in [9.17, 15) is 24.3 Å². The molecule has 2 rings (SSSR count). The van der Waals surface area contributed by atoms with E-state index in [-0.39, 0.29) is 36.3 Å². The molecule has 1 aromatic heterocycles. The smallest absolute Gasteiger partial charge is 0.326 e. The van der Waals surface area contributed by atoms with Crippen LogP contribution in [0, 0.1) is 0 Å². The molecule has 33 heavy (non-hydrogen) atoms. The predicted molar refractivity (Wildman–Crippen MR) is 119 cm³/mol. The normalized spacial score (nSPS) is 12.6. The summed E-state index contributed by atoms with van der Waals surface area (Å²) >= 11 is 0. The van der Waals surface area contributed by atoms with Crippen LogP contribution in [0.3, 0.4) is 0 Å². The monoisotopic (exact) mass is 461 g/mol. The fourth-order valence-electron chi connectivity index (χ4n) is 3.34. The molecule has 0 radical (unpaired) electrons. The number of nitrogens with two attached hydrogens (primary N) is 2. The Hall–Kier alpha value is -3.93. The van der Waals surface area contributed by atoms with Crippen LogP contribution in [-0.2, 0) is 16.0 Å². The minimum Gasteiger partial charge on any atom is -0.481 e. The van der Waals surface area contributed by atoms with Gasteiger partial charge in [-0.1, -0.05) is 12.1 Å². The number of nitrogens with zero attached hydrogens (tertiary/aromatic N) is 1. The molecular weight excluding hydrogens is 434 g/mol. The summed E-state index contributed by atoms with van der Waals surface area (Å²) in [5.74, 6) is -3.38. The van der Waals surface area contributed by atoms with Crippen molar-refractivity contribution >= 4 is 29.6 Å². The van der Waals surface area contributed by atoms with Gasteiger partial charge in [0.25, 0.3) is 11.5 Å². The van der Waals surface area contributed by atoms with Gasteiger partial charge < -0.3 is 32.1 Å². The summed E-state index contributed by atoms with van der Waals surface area (Å²) in [4.78, 5) is 52.4. The fraction of sp³-hybridized carbons (Fsp3) is 0.381. The SMILES string of the molecule is Nc1nc(N)c(CCCC(CO)c2ccc(C(=O)N[C@@H](CCC(=O)O)C(=O)O)cc2)c(=O)[nH]1. The Balaban J connectivity index is 1.99. The molecule has 0 saturated heterocycles. The van der Waals surface area contributed by atoms with E-state index < -0.39 is 35.9 Å². The highest BCUT2D eigenvalue weighted by Gasteiger charge is 2.22. The Morgan fingerprint density at radius 1 is 1.09 bits per heavy atom. The number of rotatable bonds is 12. The summed E-state index contributed by atoms with van der Waals surface area (Å²) in [6.07, 6.45) is 0.784. The van der Waals surface area contributed by atoms with Crippen LogP contribution >= 0.6 is 0 Å². The number of aromatic amines is 1. The van der Waals surface area contributed by atoms with E-state index in [0.717, 1.165) is 5.56 Å². The number of carboxylic acids is 2. The molecule has 178 valence electrons. The fourth-order valence-corrected chi connectivity index (χ4v) is 3.34. The van der Waals surface area contributed by atoms with Crippen molar-refractivity contribution in [2.45, 2.75) is 44.1 Å². The standard InChI is InChI=1S/C21H27N5O7/c22-17-14(19(31)26-21(23)25-17)3-1-2-13(10-27)11-4-6-12(7-5-11)18(30)24-15(20(32)33)8-9-16(28)29/h4-7,13,15,27H,1-3,8-10H2,(H,24,30)(H,28,29)(H,32,33)(H5,22,23,25,26,31)/t13?,15-/m0/s1. The number of amides is 1. The van der Waals surface area contributed by atoms with E-state index >= 15 is 0 Å². The number of aliphatic hydroxyl groups excluding tert-OH is 1. The minimum absolute atomic E-state index is 0.0600. The molecule has 1 heterocycles. The second kappa shape index (κ2) is 11.6. The van der Waals surface area contributed by atoms with E-state index in [4.69, 9.17) is 21.7 Å². The molecule has 0 aliphatic carbocycles. The van der Waals surface area contributed by atoms with E-state index in [1.165, 1.54) is 12.1 Å². The number of benzene rings is 1. The molecule has 2 aromatic rings. The lowest BCUT2D eigenvalue weighted by Crippen LogP contribution is -2.41. The van der Waals surface area contributed by atoms with Crippen LogP contribution < -0.4 is 22.3 Å². The minimum atomic E-state index is -1.32. The highest BCUT2D eigenvalue weighted by Crippen LogP contribution is 2.23. The van der Waals surface area contributed by atoms with Crippen LogP contribution in [-0.4, -0.2) is 55.8 Å². The van der Waals surface area contributed by atoms with E-state index in [1.54, 1.807) is 12.1 Å². The lowest BCUT2D eigenvalue weighted by molar-refractivity contribution is -0.140. The van der Waals surface area contributed by atoms with Crippen molar-refractivity contribution in [3.63, 3.8) is 0 Å². The van der Waals surface area contributed by atoms with Gasteiger partial charge in [-0.05, 0) is 43.4 Å². The molecular formula is C21H27N5O7. The zero-order valence-electron chi connectivity index (χ0n) is 17.8. The van der Waals surface area contributed by atoms with Gasteiger partial charge in [-0.3, -0.25) is 19.4 Å². The maximum absolute atomic E-state index is 12.3. The Morgan fingerprint density at radius 3 is 2.30 bits per heavy atom. The predicted octanol–water partition coefficient (Wildman–Crippen LogP) is 0.0809. The highest BCUT2D eigenvalue weighted by atomic mass is 16.4. The molecule has 0 bridgehead atoms. The zero-order valence-corrected chi connectivity index (χ0v) is 17.8. The third kappa shape index (κ3) is 7.31. The largest absolute Gasteiger partial charge is 0.481 e. The molecule has 2 atom stereocenters. The van der Waals surface area contributed by atoms with E-state index in [2.05, 4.69) is 15.3 Å². The number of carbonyl (C=O) groups excluding carboxylic acids is 1. The molecule has 1 amide bonds. The molecule has 1 aromatic carbocycles. The van der Waals surface area contributed by atoms with Crippen LogP contribution in [0.2, 0.25) is 0 Å². The quantitative estimate of drug-likeness (QED) is 0.225. The first-order chi connectivity index (χ1) is 15.6. The van der Waals surface area contributed by atoms with Gasteiger partial charge in [0.15, 0.2) is 0 Å². The van der Waals surface area contributed by atoms with Gasteiger partial charge in [-0.25, -0.2) is 4.79 Å². The van der Waals surface area contributed by atoms with Gasteiger partial charge in [-0.2, -0.15) is 4.98 Å². The van der Waals surface area contributed by atoms with Crippen molar-refractivity contribution in [2.24, 2.45) is 0 Å². The first kappa shape index (κ1) is 25.3. The first-order valence-corrected chi connectivity index (χ1v) is 10.2. The van der Waals surface area contributed by atoms with Crippen LogP contribution in [0.25, 0.3) is 0 Å². The number of H-pyrrole nitrogens is 1. The van der Waals surface area contributed by atoms with Gasteiger partial charge in [-0.15, -0.1) is 0 Å². The zero-order chi connectivity index (χ0) is 24.5. The number of aliphatic carboxylic acids is 2. The van der Waals surface area contributed by atoms with Crippen molar-refractivity contribution in [3.05, 3.63) is 51.3 Å². The van der Waals surface area contributed by atoms with Crippen LogP contribution in [0.15, 0.2) is 29.1 Å². The van der Waals surface area contributed by atoms with Crippen molar-refractivity contribution < 1.29 is 29.7 Å². The number of aromatic nitrogens is 2. The number of hydrogen-bond donors (Lipinski definition) is 7. The number of carboxylic acid groups (broad SMARTS) is 2. The number of nitrogen functional groups attached to an aromatic ring is 2. The molecule has 9 N–H and O–H groups in total. The molecule has 0 spiro atoms. The van der Waals surface area contributed by atoms with Crippen molar-refractivity contribution in [2.75, 3.05) is 18.1 Å². The Bertz CT molecular complexity index is 1050. The van der Waals surface area contributed by atoms with E-state index in [0.29, 0.717) is 24.8 Å². The lowest BCUT2D eigenvalue weighted by Gasteiger charge is -2.16. The third-order valence-corrected chi connectivity index (χ3v) is 5.16. The van der Waals surface area contributed by atoms with Gasteiger partial charge in [0.2, 0.25) is 5.95 Å². The van der Waals surface area contributed by atoms with Crippen LogP contribution in [0.1, 0.15) is 53.1 Å². The Morgan fingerprint density at radius 2 is 1.76 bits per heavy atom. The molecule has 0 aliphatic heterocycles. The molecule has 0 aliphatic rings. The Kier molecular flexibility index (Phi) is 8.92. The van der Waals surface area contributed by atoms with Crippen molar-refractivity contribution in [3.8, 4) is 0 Å². The number of anilines is 2. The van der Waals surface area contributed by atoms with Crippen LogP contribution in [0.4, 0.5) is 11.8 Å². The summed E-state index contributed by atoms with van der Waals surface area (Å²) < 4.78 is 0. The van der Waals surface area contributed by atoms with Crippen molar-refractivity contribution in [1.82, 2.24) is 15.3 Å². The summed E-state index contributed by atoms with van der Waals surface area (Å²) in [6, 6.07) is 4.96. The molecule has 0 fully saturated rings. The van der Waals surface area contributed by atoms with E-state index in [1.807, 2.05) is 0 Å². The third-order valence-electron chi connectivity index (χ3n) is 5.16. The summed E-state index contributed by atoms with van der Waals surface area (Å²) in [5, 5.41) is 30.0. The van der Waals surface area contributed by atoms with Crippen molar-refractivity contribution in [1.29, 1.82) is 0 Å². The number of hydrogen-bond acceptors (Lipinski definition) is 8. The highest BCUT2D eigenvalue weighted by molar-refractivity contribution is 5.96. The lowest BCUT2D eigenvalue weighted by atomic mass is 9.92. The van der Waals surface area contributed by atoms with Gasteiger partial charge in [0.1, 0.15) is 11.9 Å². The number of nitrogens with one attached hydrogen (secondary N) is 2. The van der Waals surface area contributed by atoms with Gasteiger partial charge >= 0.3 is 11.9 Å². The molecule has 12 heteroatoms. The van der Waals surface area contributed by atoms with Crippen LogP contribution in [0.5, 0.6) is 0 Å². The van der Waals surface area contributed by atoms with Gasteiger partial charge in [0.05, 0.1) is 5.56 Å². The van der Waals surface area contributed by atoms with Gasteiger partial charge in [0, 0.05) is 24.5 Å². The number of aliphatic hydroxyl groups is 1. The second-order valence-corrected chi connectivity index (χ2v) is 7.51. The maximum Gasteiger partial charge on any atom is 0.326 e. The molecule has 12 nitrogen and oxygen atoms in total. The number of carbonyl (C=O) groups is 3.